The van der Waals surface area contributed by atoms with Crippen LogP contribution in [0, 0.1) is 5.82 Å². The Morgan fingerprint density at radius 1 is 1.24 bits per heavy atom. The molecular weight excluding hydrogens is 359 g/mol. The Morgan fingerprint density at radius 3 is 2.76 bits per heavy atom. The molecule has 0 saturated carbocycles. The van der Waals surface area contributed by atoms with Gasteiger partial charge in [-0.15, -0.1) is 11.3 Å². The Labute approximate surface area is 133 Å². The highest BCUT2D eigenvalue weighted by Crippen LogP contribution is 2.15. The van der Waals surface area contributed by atoms with E-state index in [1.54, 1.807) is 29.6 Å². The molecule has 2 amide bonds. The van der Waals surface area contributed by atoms with E-state index >= 15 is 0 Å². The van der Waals surface area contributed by atoms with Crippen molar-refractivity contribution in [2.24, 2.45) is 0 Å². The number of hydrogen-bond acceptors (Lipinski definition) is 3. The molecule has 1 aromatic carbocycles. The smallest absolute Gasteiger partial charge is 0.261 e. The third-order valence-electron chi connectivity index (χ3n) is 2.64. The average molecular weight is 371 g/mol. The van der Waals surface area contributed by atoms with Crippen LogP contribution in [0.4, 0.5) is 4.39 Å². The lowest BCUT2D eigenvalue weighted by atomic mass is 10.2. The van der Waals surface area contributed by atoms with Gasteiger partial charge in [0.25, 0.3) is 5.91 Å². The third-order valence-corrected chi connectivity index (χ3v) is 4.00. The van der Waals surface area contributed by atoms with Gasteiger partial charge in [-0.25, -0.2) is 4.39 Å². The summed E-state index contributed by atoms with van der Waals surface area (Å²) in [4.78, 5) is 23.8. The first-order chi connectivity index (χ1) is 10.1. The van der Waals surface area contributed by atoms with Crippen molar-refractivity contribution < 1.29 is 14.0 Å². The van der Waals surface area contributed by atoms with E-state index in [4.69, 9.17) is 0 Å². The summed E-state index contributed by atoms with van der Waals surface area (Å²) in [6, 6.07) is 7.94. The van der Waals surface area contributed by atoms with E-state index in [0.717, 1.165) is 4.47 Å². The zero-order chi connectivity index (χ0) is 15.2. The molecule has 2 aromatic rings. The van der Waals surface area contributed by atoms with Gasteiger partial charge in [-0.3, -0.25) is 9.59 Å². The Kier molecular flexibility index (Phi) is 5.46. The van der Waals surface area contributed by atoms with Gasteiger partial charge in [-0.2, -0.15) is 0 Å². The van der Waals surface area contributed by atoms with Gasteiger partial charge in [0.15, 0.2) is 0 Å². The summed E-state index contributed by atoms with van der Waals surface area (Å²) in [7, 11) is 0. The van der Waals surface area contributed by atoms with Crippen molar-refractivity contribution in [1.29, 1.82) is 0 Å². The number of benzene rings is 1. The Balaban J connectivity index is 1.80. The lowest BCUT2D eigenvalue weighted by molar-refractivity contribution is -0.120. The molecule has 1 heterocycles. The summed E-state index contributed by atoms with van der Waals surface area (Å²) in [6.45, 7) is -0.0780. The number of hydrogen-bond donors (Lipinski definition) is 2. The topological polar surface area (TPSA) is 58.2 Å². The maximum atomic E-state index is 13.5. The lowest BCUT2D eigenvalue weighted by Gasteiger charge is -2.07. The van der Waals surface area contributed by atoms with Crippen LogP contribution >= 0.6 is 27.3 Å². The molecule has 7 heteroatoms. The standard InChI is InChI=1S/C14H12BrFN2O2S/c15-10-3-4-11(16)9(6-10)7-17-13(19)8-18-14(20)12-2-1-5-21-12/h1-6H,7-8H2,(H,17,19)(H,18,20). The number of nitrogens with one attached hydrogen (secondary N) is 2. The number of carbonyl (C=O) groups excluding carboxylic acids is 2. The van der Waals surface area contributed by atoms with E-state index in [2.05, 4.69) is 26.6 Å². The summed E-state index contributed by atoms with van der Waals surface area (Å²) < 4.78 is 14.2. The first kappa shape index (κ1) is 15.7. The van der Waals surface area contributed by atoms with Crippen LogP contribution in [0.1, 0.15) is 15.2 Å². The summed E-state index contributed by atoms with van der Waals surface area (Å²) >= 11 is 4.54. The number of halogens is 2. The van der Waals surface area contributed by atoms with E-state index in [1.165, 1.54) is 17.4 Å². The molecule has 2 N–H and O–H groups in total. The third kappa shape index (κ3) is 4.64. The molecule has 0 radical (unpaired) electrons. The van der Waals surface area contributed by atoms with Crippen molar-refractivity contribution in [1.82, 2.24) is 10.6 Å². The summed E-state index contributed by atoms with van der Waals surface area (Å²) in [5, 5.41) is 6.84. The van der Waals surface area contributed by atoms with Crippen molar-refractivity contribution in [3.63, 3.8) is 0 Å². The van der Waals surface area contributed by atoms with Crippen LogP contribution in [0.25, 0.3) is 0 Å². The highest BCUT2D eigenvalue weighted by Gasteiger charge is 2.09. The van der Waals surface area contributed by atoms with Crippen LogP contribution in [0.2, 0.25) is 0 Å². The molecule has 0 atom stereocenters. The van der Waals surface area contributed by atoms with Gasteiger partial charge < -0.3 is 10.6 Å². The van der Waals surface area contributed by atoms with Crippen LogP contribution in [-0.4, -0.2) is 18.4 Å². The second kappa shape index (κ2) is 7.33. The molecule has 0 spiro atoms. The van der Waals surface area contributed by atoms with Gasteiger partial charge in [-0.1, -0.05) is 22.0 Å². The zero-order valence-electron chi connectivity index (χ0n) is 10.9. The Morgan fingerprint density at radius 2 is 2.05 bits per heavy atom. The molecular formula is C14H12BrFN2O2S. The van der Waals surface area contributed by atoms with Crippen molar-refractivity contribution in [2.45, 2.75) is 6.54 Å². The molecule has 0 bridgehead atoms. The molecule has 110 valence electrons. The molecule has 0 aliphatic rings. The zero-order valence-corrected chi connectivity index (χ0v) is 13.3. The number of carbonyl (C=O) groups is 2. The maximum Gasteiger partial charge on any atom is 0.261 e. The molecule has 0 aliphatic heterocycles. The quantitative estimate of drug-likeness (QED) is 0.849. The van der Waals surface area contributed by atoms with Crippen molar-refractivity contribution in [3.8, 4) is 0 Å². The molecule has 0 saturated heterocycles. The average Bonchev–Trinajstić information content (AvgIpc) is 3.00. The van der Waals surface area contributed by atoms with Crippen molar-refractivity contribution >= 4 is 39.1 Å². The van der Waals surface area contributed by atoms with Gasteiger partial charge in [0.2, 0.25) is 5.91 Å². The fraction of sp³-hybridized carbons (Fsp3) is 0.143. The summed E-state index contributed by atoms with van der Waals surface area (Å²) in [5.74, 6) is -1.06. The Hall–Kier alpha value is -1.73. The monoisotopic (exact) mass is 370 g/mol. The van der Waals surface area contributed by atoms with Gasteiger partial charge in [0.05, 0.1) is 11.4 Å². The van der Waals surface area contributed by atoms with E-state index in [1.807, 2.05) is 0 Å². The Bertz CT molecular complexity index is 646. The highest BCUT2D eigenvalue weighted by atomic mass is 79.9. The maximum absolute atomic E-state index is 13.5. The highest BCUT2D eigenvalue weighted by molar-refractivity contribution is 9.10. The summed E-state index contributed by atoms with van der Waals surface area (Å²) in [6.07, 6.45) is 0. The fourth-order valence-electron chi connectivity index (χ4n) is 1.59. The van der Waals surface area contributed by atoms with E-state index in [-0.39, 0.29) is 30.7 Å². The predicted octanol–water partition coefficient (Wildman–Crippen LogP) is 2.70. The van der Waals surface area contributed by atoms with Crippen molar-refractivity contribution in [3.05, 3.63) is 56.4 Å². The minimum atomic E-state index is -0.388. The summed E-state index contributed by atoms with van der Waals surface area (Å²) in [5.41, 5.74) is 0.377. The van der Waals surface area contributed by atoms with E-state index < -0.39 is 0 Å². The molecule has 0 aliphatic carbocycles. The molecule has 2 rings (SSSR count). The minimum absolute atomic E-state index is 0.0684. The van der Waals surface area contributed by atoms with Crippen LogP contribution in [0.5, 0.6) is 0 Å². The minimum Gasteiger partial charge on any atom is -0.350 e. The van der Waals surface area contributed by atoms with Crippen LogP contribution < -0.4 is 10.6 Å². The first-order valence-corrected chi connectivity index (χ1v) is 7.76. The molecule has 0 fully saturated rings. The van der Waals surface area contributed by atoms with E-state index in [9.17, 15) is 14.0 Å². The van der Waals surface area contributed by atoms with Crippen LogP contribution in [0.15, 0.2) is 40.2 Å². The number of thiophene rings is 1. The molecule has 21 heavy (non-hydrogen) atoms. The predicted molar refractivity (Wildman–Crippen MR) is 82.6 cm³/mol. The second-order valence-electron chi connectivity index (χ2n) is 4.17. The van der Waals surface area contributed by atoms with Crippen LogP contribution in [-0.2, 0) is 11.3 Å². The van der Waals surface area contributed by atoms with Gasteiger partial charge in [0, 0.05) is 16.6 Å². The first-order valence-electron chi connectivity index (χ1n) is 6.08. The lowest BCUT2D eigenvalue weighted by Crippen LogP contribution is -2.36. The SMILES string of the molecule is O=C(CNC(=O)c1cccs1)NCc1cc(Br)ccc1F. The normalized spacial score (nSPS) is 10.2. The largest absolute Gasteiger partial charge is 0.350 e. The molecule has 4 nitrogen and oxygen atoms in total. The van der Waals surface area contributed by atoms with Crippen molar-refractivity contribution in [2.75, 3.05) is 6.54 Å². The molecule has 0 unspecified atom stereocenters. The number of amides is 2. The van der Waals surface area contributed by atoms with Gasteiger partial charge in [-0.05, 0) is 29.6 Å². The number of rotatable bonds is 5. The van der Waals surface area contributed by atoms with Gasteiger partial charge >= 0.3 is 0 Å². The van der Waals surface area contributed by atoms with E-state index in [0.29, 0.717) is 10.4 Å². The second-order valence-corrected chi connectivity index (χ2v) is 6.04. The van der Waals surface area contributed by atoms with Crippen LogP contribution in [0.3, 0.4) is 0 Å². The molecule has 1 aromatic heterocycles. The fourth-order valence-corrected chi connectivity index (χ4v) is 2.64. The van der Waals surface area contributed by atoms with Gasteiger partial charge in [0.1, 0.15) is 5.82 Å².